The molecule has 0 aromatic heterocycles. The van der Waals surface area contributed by atoms with Gasteiger partial charge in [0.05, 0.1) is 0 Å². The predicted molar refractivity (Wildman–Crippen MR) is 58.1 cm³/mol. The summed E-state index contributed by atoms with van der Waals surface area (Å²) in [6.07, 6.45) is 2.54. The molecule has 0 fully saturated rings. The van der Waals surface area contributed by atoms with Crippen LogP contribution in [0.15, 0.2) is 0 Å². The summed E-state index contributed by atoms with van der Waals surface area (Å²) >= 11 is 1.73. The monoisotopic (exact) mass is 185 g/mol. The summed E-state index contributed by atoms with van der Waals surface area (Å²) in [4.78, 5) is 2.12. The second-order valence-corrected chi connectivity index (χ2v) is 3.49. The van der Waals surface area contributed by atoms with Crippen LogP contribution in [0.5, 0.6) is 0 Å². The van der Waals surface area contributed by atoms with E-state index in [1.165, 1.54) is 18.6 Å². The molecule has 0 saturated carbocycles. The molecule has 0 radical (unpaired) electrons. The van der Waals surface area contributed by atoms with Gasteiger partial charge in [0.15, 0.2) is 0 Å². The third-order valence-electron chi connectivity index (χ3n) is 1.64. The van der Waals surface area contributed by atoms with Gasteiger partial charge in [0.25, 0.3) is 0 Å². The average Bonchev–Trinajstić information content (AvgIpc) is 2.11. The molecule has 12 heavy (non-hydrogen) atoms. The normalized spacial score (nSPS) is 8.92. The fourth-order valence-electron chi connectivity index (χ4n) is 0.746. The molecule has 0 atom stereocenters. The molecule has 0 aromatic rings. The molecule has 0 aliphatic rings. The van der Waals surface area contributed by atoms with Gasteiger partial charge in [-0.15, -0.1) is 0 Å². The van der Waals surface area contributed by atoms with Crippen LogP contribution in [0, 0.1) is 11.3 Å². The molecule has 0 saturated heterocycles. The van der Waals surface area contributed by atoms with Crippen molar-refractivity contribution in [1.29, 1.82) is 0 Å². The Labute approximate surface area is 80.9 Å². The Morgan fingerprint density at radius 2 is 1.83 bits per heavy atom. The number of rotatable bonds is 5. The summed E-state index contributed by atoms with van der Waals surface area (Å²) in [7, 11) is 0. The maximum absolute atomic E-state index is 3.12. The highest BCUT2D eigenvalue weighted by Crippen LogP contribution is 2.01. The lowest BCUT2D eigenvalue weighted by molar-refractivity contribution is 0.444. The molecule has 0 aliphatic carbocycles. The minimum Gasteiger partial charge on any atom is -0.332 e. The molecule has 0 spiro atoms. The van der Waals surface area contributed by atoms with Gasteiger partial charge in [-0.25, -0.2) is 0 Å². The van der Waals surface area contributed by atoms with Crippen molar-refractivity contribution in [3.8, 4) is 11.3 Å². The maximum Gasteiger partial charge on any atom is 0.0232 e. The smallest absolute Gasteiger partial charge is 0.0232 e. The lowest BCUT2D eigenvalue weighted by atomic mass is 10.4. The Hall–Kier alpha value is -0.290. The first-order valence-electron chi connectivity index (χ1n) is 4.72. The molecular weight excluding hydrogens is 166 g/mol. The van der Waals surface area contributed by atoms with Gasteiger partial charge in [-0.3, -0.25) is 0 Å². The summed E-state index contributed by atoms with van der Waals surface area (Å²) in [5, 5.41) is 3.11. The molecule has 1 nitrogen and oxygen atoms in total. The van der Waals surface area contributed by atoms with E-state index >= 15 is 0 Å². The third kappa shape index (κ3) is 6.42. The van der Waals surface area contributed by atoms with Crippen molar-refractivity contribution in [2.45, 2.75) is 33.6 Å². The summed E-state index contributed by atoms with van der Waals surface area (Å²) in [6.45, 7) is 8.53. The number of unbranched alkanes of at least 4 members (excludes halogenated alkanes) is 1. The van der Waals surface area contributed by atoms with E-state index in [0.29, 0.717) is 0 Å². The number of nitrogens with zero attached hydrogens (tertiary/aromatic N) is 1. The Kier molecular flexibility index (Phi) is 8.59. The first-order valence-corrected chi connectivity index (χ1v) is 5.71. The largest absolute Gasteiger partial charge is 0.332 e. The standard InChI is InChI=1S/C10H19NS/c1-4-7-9-12-10-8-11(5-2)6-3/h4-7,9H2,1-3H3. The summed E-state index contributed by atoms with van der Waals surface area (Å²) in [5.74, 6) is 1.17. The van der Waals surface area contributed by atoms with E-state index in [1.807, 2.05) is 0 Å². The second kappa shape index (κ2) is 8.80. The van der Waals surface area contributed by atoms with Crippen molar-refractivity contribution < 1.29 is 0 Å². The highest BCUT2D eigenvalue weighted by molar-refractivity contribution is 8.03. The summed E-state index contributed by atoms with van der Waals surface area (Å²) < 4.78 is 0. The molecule has 0 N–H and O–H groups in total. The van der Waals surface area contributed by atoms with E-state index in [0.717, 1.165) is 13.1 Å². The Morgan fingerprint density at radius 1 is 1.17 bits per heavy atom. The fourth-order valence-corrected chi connectivity index (χ4v) is 1.47. The minimum atomic E-state index is 1.03. The van der Waals surface area contributed by atoms with Crippen molar-refractivity contribution in [2.75, 3.05) is 18.8 Å². The van der Waals surface area contributed by atoms with Crippen molar-refractivity contribution in [2.24, 2.45) is 0 Å². The zero-order chi connectivity index (χ0) is 9.23. The number of thioether (sulfide) groups is 1. The van der Waals surface area contributed by atoms with Gasteiger partial charge in [-0.1, -0.05) is 25.1 Å². The quantitative estimate of drug-likeness (QED) is 0.368. The molecule has 0 aromatic carbocycles. The lowest BCUT2D eigenvalue weighted by Crippen LogP contribution is -2.15. The Bertz CT molecular complexity index is 142. The van der Waals surface area contributed by atoms with E-state index in [2.05, 4.69) is 37.0 Å². The van der Waals surface area contributed by atoms with Gasteiger partial charge < -0.3 is 4.90 Å². The van der Waals surface area contributed by atoms with E-state index in [9.17, 15) is 0 Å². The lowest BCUT2D eigenvalue weighted by Gasteiger charge is -2.09. The zero-order valence-corrected chi connectivity index (χ0v) is 9.21. The van der Waals surface area contributed by atoms with Gasteiger partial charge in [0.2, 0.25) is 0 Å². The number of hydrogen-bond donors (Lipinski definition) is 0. The van der Waals surface area contributed by atoms with Crippen LogP contribution in [-0.2, 0) is 0 Å². The van der Waals surface area contributed by atoms with Gasteiger partial charge in [0, 0.05) is 24.9 Å². The van der Waals surface area contributed by atoms with Crippen molar-refractivity contribution in [1.82, 2.24) is 4.90 Å². The first kappa shape index (κ1) is 11.7. The molecule has 70 valence electrons. The summed E-state index contributed by atoms with van der Waals surface area (Å²) in [6, 6.07) is 3.12. The molecular formula is C10H19NS. The van der Waals surface area contributed by atoms with Crippen LogP contribution in [0.25, 0.3) is 0 Å². The van der Waals surface area contributed by atoms with Crippen LogP contribution in [0.1, 0.15) is 33.6 Å². The van der Waals surface area contributed by atoms with Crippen molar-refractivity contribution in [3.63, 3.8) is 0 Å². The van der Waals surface area contributed by atoms with Gasteiger partial charge in [-0.2, -0.15) is 0 Å². The molecule has 0 aliphatic heterocycles. The highest BCUT2D eigenvalue weighted by Gasteiger charge is 1.87. The van der Waals surface area contributed by atoms with Crippen LogP contribution >= 0.6 is 11.8 Å². The van der Waals surface area contributed by atoms with E-state index in [4.69, 9.17) is 0 Å². The SMILES string of the molecule is CCCCSC#CN(CC)CC. The fraction of sp³-hybridized carbons (Fsp3) is 0.800. The van der Waals surface area contributed by atoms with Crippen molar-refractivity contribution in [3.05, 3.63) is 0 Å². The Morgan fingerprint density at radius 3 is 2.33 bits per heavy atom. The molecule has 0 bridgehead atoms. The van der Waals surface area contributed by atoms with E-state index in [1.54, 1.807) is 11.8 Å². The maximum atomic E-state index is 3.12. The molecule has 0 rings (SSSR count). The van der Waals surface area contributed by atoms with Gasteiger partial charge >= 0.3 is 0 Å². The third-order valence-corrected chi connectivity index (χ3v) is 2.37. The zero-order valence-electron chi connectivity index (χ0n) is 8.39. The van der Waals surface area contributed by atoms with Crippen LogP contribution in [-0.4, -0.2) is 23.7 Å². The van der Waals surface area contributed by atoms with Crippen LogP contribution < -0.4 is 0 Å². The summed E-state index contributed by atoms with van der Waals surface area (Å²) in [5.41, 5.74) is 0. The average molecular weight is 185 g/mol. The van der Waals surface area contributed by atoms with Gasteiger partial charge in [-0.05, 0) is 25.5 Å². The van der Waals surface area contributed by atoms with Crippen LogP contribution in [0.3, 0.4) is 0 Å². The topological polar surface area (TPSA) is 3.24 Å². The minimum absolute atomic E-state index is 1.03. The molecule has 0 amide bonds. The number of hydrogen-bond acceptors (Lipinski definition) is 2. The molecule has 0 heterocycles. The highest BCUT2D eigenvalue weighted by atomic mass is 32.2. The van der Waals surface area contributed by atoms with Crippen molar-refractivity contribution >= 4 is 11.8 Å². The van der Waals surface area contributed by atoms with Crippen LogP contribution in [0.2, 0.25) is 0 Å². The first-order chi connectivity index (χ1) is 5.85. The Balaban J connectivity index is 3.42. The predicted octanol–water partition coefficient (Wildman–Crippen LogP) is 2.78. The van der Waals surface area contributed by atoms with E-state index in [-0.39, 0.29) is 0 Å². The molecule has 2 heteroatoms. The van der Waals surface area contributed by atoms with Crippen LogP contribution in [0.4, 0.5) is 0 Å². The van der Waals surface area contributed by atoms with E-state index < -0.39 is 0 Å². The van der Waals surface area contributed by atoms with Gasteiger partial charge in [0.1, 0.15) is 0 Å². The molecule has 0 unspecified atom stereocenters. The second-order valence-electron chi connectivity index (χ2n) is 2.59.